The second-order valence-electron chi connectivity index (χ2n) is 2.78. The third-order valence-electron chi connectivity index (χ3n) is 1.97. The lowest BCUT2D eigenvalue weighted by Crippen LogP contribution is -2.50. The van der Waals surface area contributed by atoms with E-state index in [0.717, 1.165) is 0 Å². The van der Waals surface area contributed by atoms with Gasteiger partial charge in [0, 0.05) is 5.70 Å². The zero-order valence-electron chi connectivity index (χ0n) is 6.33. The highest BCUT2D eigenvalue weighted by molar-refractivity contribution is 6.00. The molecule has 0 bridgehead atoms. The third-order valence-corrected chi connectivity index (χ3v) is 1.97. The number of hydrogen-bond acceptors (Lipinski definition) is 2. The average molecular weight is 164 g/mol. The molecule has 0 aromatic carbocycles. The molecular weight excluding hydrogens is 156 g/mol. The SMILES string of the molecule is O=C1NC(=O)C2CC=CC=C2N1. The van der Waals surface area contributed by atoms with Gasteiger partial charge in [-0.05, 0) is 12.5 Å². The molecule has 3 amide bonds. The molecule has 62 valence electrons. The van der Waals surface area contributed by atoms with Crippen molar-refractivity contribution in [1.29, 1.82) is 0 Å². The van der Waals surface area contributed by atoms with E-state index in [-0.39, 0.29) is 11.8 Å². The molecule has 2 rings (SSSR count). The van der Waals surface area contributed by atoms with Crippen LogP contribution >= 0.6 is 0 Å². The van der Waals surface area contributed by atoms with E-state index < -0.39 is 6.03 Å². The van der Waals surface area contributed by atoms with Crippen LogP contribution in [0, 0.1) is 5.92 Å². The highest BCUT2D eigenvalue weighted by Gasteiger charge is 2.30. The normalized spacial score (nSPS) is 27.0. The van der Waals surface area contributed by atoms with Crippen molar-refractivity contribution >= 4 is 11.9 Å². The Bertz CT molecular complexity index is 304. The van der Waals surface area contributed by atoms with Crippen molar-refractivity contribution in [3.8, 4) is 0 Å². The molecule has 1 fully saturated rings. The fourth-order valence-corrected chi connectivity index (χ4v) is 1.37. The van der Waals surface area contributed by atoms with E-state index in [1.54, 1.807) is 6.08 Å². The summed E-state index contributed by atoms with van der Waals surface area (Å²) in [6.45, 7) is 0. The molecule has 0 aromatic heterocycles. The summed E-state index contributed by atoms with van der Waals surface area (Å²) in [5, 5.41) is 4.80. The number of amides is 3. The van der Waals surface area contributed by atoms with E-state index in [1.165, 1.54) is 0 Å². The molecule has 4 heteroatoms. The first-order valence-corrected chi connectivity index (χ1v) is 3.76. The highest BCUT2D eigenvalue weighted by Crippen LogP contribution is 2.20. The second-order valence-corrected chi connectivity index (χ2v) is 2.78. The molecule has 1 aliphatic carbocycles. The highest BCUT2D eigenvalue weighted by atomic mass is 16.2. The Labute approximate surface area is 69.3 Å². The number of hydrogen-bond donors (Lipinski definition) is 2. The zero-order chi connectivity index (χ0) is 8.55. The molecule has 0 saturated carbocycles. The number of urea groups is 1. The molecule has 2 aliphatic rings. The molecule has 1 unspecified atom stereocenters. The maximum Gasteiger partial charge on any atom is 0.325 e. The molecule has 12 heavy (non-hydrogen) atoms. The Kier molecular flexibility index (Phi) is 1.46. The minimum atomic E-state index is -0.433. The Morgan fingerprint density at radius 3 is 3.00 bits per heavy atom. The quantitative estimate of drug-likeness (QED) is 0.540. The lowest BCUT2D eigenvalue weighted by Gasteiger charge is -2.25. The summed E-state index contributed by atoms with van der Waals surface area (Å²) in [5.41, 5.74) is 0.700. The molecule has 1 aliphatic heterocycles. The summed E-state index contributed by atoms with van der Waals surface area (Å²) in [5.74, 6) is -0.415. The van der Waals surface area contributed by atoms with E-state index in [0.29, 0.717) is 12.1 Å². The van der Waals surface area contributed by atoms with Crippen LogP contribution in [0.25, 0.3) is 0 Å². The molecule has 1 atom stereocenters. The molecule has 1 saturated heterocycles. The first kappa shape index (κ1) is 7.09. The van der Waals surface area contributed by atoms with Crippen molar-refractivity contribution in [2.24, 2.45) is 5.92 Å². The molecule has 0 radical (unpaired) electrons. The minimum absolute atomic E-state index is 0.201. The van der Waals surface area contributed by atoms with Gasteiger partial charge in [-0.25, -0.2) is 4.79 Å². The summed E-state index contributed by atoms with van der Waals surface area (Å²) in [6.07, 6.45) is 6.17. The Hall–Kier alpha value is -1.58. The van der Waals surface area contributed by atoms with Crippen molar-refractivity contribution < 1.29 is 9.59 Å². The van der Waals surface area contributed by atoms with Gasteiger partial charge in [-0.1, -0.05) is 12.2 Å². The number of carbonyl (C=O) groups excluding carboxylic acids is 2. The Morgan fingerprint density at radius 1 is 1.33 bits per heavy atom. The van der Waals surface area contributed by atoms with Crippen molar-refractivity contribution in [1.82, 2.24) is 10.6 Å². The van der Waals surface area contributed by atoms with E-state index in [9.17, 15) is 9.59 Å². The number of allylic oxidation sites excluding steroid dienone is 3. The van der Waals surface area contributed by atoms with Crippen LogP contribution in [0.3, 0.4) is 0 Å². The van der Waals surface area contributed by atoms with E-state index >= 15 is 0 Å². The van der Waals surface area contributed by atoms with Gasteiger partial charge in [0.05, 0.1) is 5.92 Å². The van der Waals surface area contributed by atoms with Crippen molar-refractivity contribution in [2.75, 3.05) is 0 Å². The summed E-state index contributed by atoms with van der Waals surface area (Å²) in [4.78, 5) is 22.0. The van der Waals surface area contributed by atoms with Gasteiger partial charge in [0.1, 0.15) is 0 Å². The molecule has 1 heterocycles. The van der Waals surface area contributed by atoms with Gasteiger partial charge >= 0.3 is 6.03 Å². The fraction of sp³-hybridized carbons (Fsp3) is 0.250. The van der Waals surface area contributed by atoms with E-state index in [4.69, 9.17) is 0 Å². The fourth-order valence-electron chi connectivity index (χ4n) is 1.37. The first-order valence-electron chi connectivity index (χ1n) is 3.76. The van der Waals surface area contributed by atoms with Gasteiger partial charge in [0.25, 0.3) is 0 Å². The van der Waals surface area contributed by atoms with Crippen LogP contribution in [0.5, 0.6) is 0 Å². The zero-order valence-corrected chi connectivity index (χ0v) is 6.33. The second kappa shape index (κ2) is 2.48. The van der Waals surface area contributed by atoms with Gasteiger partial charge in [-0.2, -0.15) is 0 Å². The van der Waals surface area contributed by atoms with Crippen molar-refractivity contribution in [3.63, 3.8) is 0 Å². The van der Waals surface area contributed by atoms with Crippen LogP contribution in [0.15, 0.2) is 23.9 Å². The summed E-state index contributed by atoms with van der Waals surface area (Å²) in [6, 6.07) is -0.433. The van der Waals surface area contributed by atoms with Crippen LogP contribution < -0.4 is 10.6 Å². The number of carbonyl (C=O) groups is 2. The number of rotatable bonds is 0. The summed E-state index contributed by atoms with van der Waals surface area (Å²) >= 11 is 0. The predicted octanol–water partition coefficient (Wildman–Crippen LogP) is 0.286. The van der Waals surface area contributed by atoms with Crippen LogP contribution in [-0.2, 0) is 4.79 Å². The lowest BCUT2D eigenvalue weighted by atomic mass is 9.94. The van der Waals surface area contributed by atoms with Crippen molar-refractivity contribution in [3.05, 3.63) is 23.9 Å². The molecule has 4 nitrogen and oxygen atoms in total. The molecule has 0 spiro atoms. The smallest absolute Gasteiger partial charge is 0.311 e. The Morgan fingerprint density at radius 2 is 2.17 bits per heavy atom. The number of imide groups is 1. The number of fused-ring (bicyclic) bond motifs is 1. The monoisotopic (exact) mass is 164 g/mol. The van der Waals surface area contributed by atoms with Crippen LogP contribution in [0.1, 0.15) is 6.42 Å². The van der Waals surface area contributed by atoms with Gasteiger partial charge in [0.2, 0.25) is 5.91 Å². The predicted molar refractivity (Wildman–Crippen MR) is 42.0 cm³/mol. The van der Waals surface area contributed by atoms with Gasteiger partial charge < -0.3 is 5.32 Å². The van der Waals surface area contributed by atoms with E-state index in [1.807, 2.05) is 12.2 Å². The first-order chi connectivity index (χ1) is 5.77. The molecule has 2 N–H and O–H groups in total. The van der Waals surface area contributed by atoms with Gasteiger partial charge in [-0.3, -0.25) is 10.1 Å². The summed E-state index contributed by atoms with van der Waals surface area (Å²) < 4.78 is 0. The third kappa shape index (κ3) is 1.01. The van der Waals surface area contributed by atoms with Crippen LogP contribution in [-0.4, -0.2) is 11.9 Å². The maximum absolute atomic E-state index is 11.2. The van der Waals surface area contributed by atoms with Gasteiger partial charge in [0.15, 0.2) is 0 Å². The average Bonchev–Trinajstić information content (AvgIpc) is 2.04. The lowest BCUT2D eigenvalue weighted by molar-refractivity contribution is -0.123. The minimum Gasteiger partial charge on any atom is -0.311 e. The summed E-state index contributed by atoms with van der Waals surface area (Å²) in [7, 11) is 0. The van der Waals surface area contributed by atoms with E-state index in [2.05, 4.69) is 10.6 Å². The largest absolute Gasteiger partial charge is 0.325 e. The molecular formula is C8H8N2O2. The molecule has 0 aromatic rings. The Balaban J connectivity index is 2.30. The topological polar surface area (TPSA) is 58.2 Å². The van der Waals surface area contributed by atoms with Crippen LogP contribution in [0.2, 0.25) is 0 Å². The standard InChI is InChI=1S/C8H8N2O2/c11-7-5-3-1-2-4-6(5)9-8(12)10-7/h1-2,4-5H,3H2,(H2,9,10,11,12). The number of nitrogens with one attached hydrogen (secondary N) is 2. The van der Waals surface area contributed by atoms with Crippen molar-refractivity contribution in [2.45, 2.75) is 6.42 Å². The van der Waals surface area contributed by atoms with Crippen LogP contribution in [0.4, 0.5) is 4.79 Å². The maximum atomic E-state index is 11.2. The van der Waals surface area contributed by atoms with Gasteiger partial charge in [-0.15, -0.1) is 0 Å².